The third-order valence-electron chi connectivity index (χ3n) is 6.83. The molecular formula is C27H29N5O3. The summed E-state index contributed by atoms with van der Waals surface area (Å²) in [6.07, 6.45) is 8.92. The average Bonchev–Trinajstić information content (AvgIpc) is 3.41. The summed E-state index contributed by atoms with van der Waals surface area (Å²) in [5.41, 5.74) is 2.68. The van der Waals surface area contributed by atoms with Crippen LogP contribution < -0.4 is 5.32 Å². The molecule has 2 aliphatic rings. The third kappa shape index (κ3) is 4.36. The minimum Gasteiger partial charge on any atom is -0.350 e. The summed E-state index contributed by atoms with van der Waals surface area (Å²) in [6, 6.07) is 10.8. The summed E-state index contributed by atoms with van der Waals surface area (Å²) in [5.74, 6) is -0.546. The van der Waals surface area contributed by atoms with Crippen molar-refractivity contribution >= 4 is 28.8 Å². The van der Waals surface area contributed by atoms with Gasteiger partial charge >= 0.3 is 0 Å². The van der Waals surface area contributed by atoms with E-state index in [0.29, 0.717) is 19.3 Å². The molecule has 0 saturated carbocycles. The first-order valence-electron chi connectivity index (χ1n) is 12.1. The maximum Gasteiger partial charge on any atom is 0.243 e. The van der Waals surface area contributed by atoms with Crippen molar-refractivity contribution in [2.24, 2.45) is 17.8 Å². The molecule has 0 unspecified atom stereocenters. The Morgan fingerprint density at radius 1 is 1.03 bits per heavy atom. The van der Waals surface area contributed by atoms with E-state index in [2.05, 4.69) is 15.3 Å². The smallest absolute Gasteiger partial charge is 0.243 e. The van der Waals surface area contributed by atoms with E-state index in [1.807, 2.05) is 67.0 Å². The predicted octanol–water partition coefficient (Wildman–Crippen LogP) is 3.40. The number of aromatic nitrogens is 3. The van der Waals surface area contributed by atoms with E-state index in [9.17, 15) is 14.4 Å². The Bertz CT molecular complexity index is 1270. The van der Waals surface area contributed by atoms with Gasteiger partial charge in [0.25, 0.3) is 0 Å². The number of amides is 3. The van der Waals surface area contributed by atoms with Crippen LogP contribution in [-0.4, -0.2) is 43.2 Å². The molecule has 1 N–H and O–H groups in total. The molecule has 8 nitrogen and oxygen atoms in total. The maximum atomic E-state index is 13.2. The minimum atomic E-state index is -0.801. The lowest BCUT2D eigenvalue weighted by Gasteiger charge is -2.27. The highest BCUT2D eigenvalue weighted by atomic mass is 16.2. The van der Waals surface area contributed by atoms with Crippen molar-refractivity contribution in [3.8, 4) is 5.82 Å². The van der Waals surface area contributed by atoms with Crippen LogP contribution in [0.25, 0.3) is 16.9 Å². The molecule has 0 spiro atoms. The maximum absolute atomic E-state index is 13.2. The Kier molecular flexibility index (Phi) is 6.19. The summed E-state index contributed by atoms with van der Waals surface area (Å²) in [7, 11) is 0. The summed E-state index contributed by atoms with van der Waals surface area (Å²) < 4.78 is 1.91. The van der Waals surface area contributed by atoms with Crippen molar-refractivity contribution in [1.82, 2.24) is 24.8 Å². The molecule has 2 aromatic heterocycles. The molecule has 180 valence electrons. The van der Waals surface area contributed by atoms with Crippen molar-refractivity contribution < 1.29 is 14.4 Å². The second-order valence-corrected chi connectivity index (χ2v) is 9.69. The highest BCUT2D eigenvalue weighted by Crippen LogP contribution is 2.37. The van der Waals surface area contributed by atoms with Crippen molar-refractivity contribution in [3.05, 3.63) is 66.6 Å². The van der Waals surface area contributed by atoms with E-state index in [0.717, 1.165) is 22.4 Å². The molecule has 1 aliphatic carbocycles. The van der Waals surface area contributed by atoms with Crippen molar-refractivity contribution in [3.63, 3.8) is 0 Å². The average molecular weight is 472 g/mol. The molecule has 1 fully saturated rings. The summed E-state index contributed by atoms with van der Waals surface area (Å²) >= 11 is 0. The first kappa shape index (κ1) is 23.0. The van der Waals surface area contributed by atoms with E-state index in [1.165, 1.54) is 4.90 Å². The normalized spacial score (nSPS) is 20.5. The molecule has 3 heterocycles. The molecule has 8 heteroatoms. The summed E-state index contributed by atoms with van der Waals surface area (Å²) in [5, 5.41) is 2.93. The lowest BCUT2D eigenvalue weighted by atomic mass is 9.85. The molecule has 5 rings (SSSR count). The van der Waals surface area contributed by atoms with Crippen molar-refractivity contribution in [2.45, 2.75) is 45.7 Å². The van der Waals surface area contributed by atoms with Gasteiger partial charge in [0.15, 0.2) is 0 Å². The Balaban J connectivity index is 1.28. The number of para-hydroxylation sites is 2. The number of carbonyl (C=O) groups is 3. The fraction of sp³-hybridized carbons (Fsp3) is 0.370. The van der Waals surface area contributed by atoms with Gasteiger partial charge in [-0.25, -0.2) is 9.97 Å². The van der Waals surface area contributed by atoms with Crippen LogP contribution in [0.1, 0.15) is 38.7 Å². The van der Waals surface area contributed by atoms with Gasteiger partial charge in [-0.3, -0.25) is 23.9 Å². The zero-order valence-corrected chi connectivity index (χ0v) is 19.9. The molecule has 0 radical (unpaired) electrons. The number of imide groups is 1. The standard InChI is InChI=1S/C27H29N5O3/c1-17(2)13-23(32-26(34)19-7-3-4-8-20(19)27(32)35)25(33)29-15-18-11-12-24(28-14-18)31-16-30-21-9-5-6-10-22(21)31/h3-6,9-12,14,16-17,19-20,23H,7-8,13,15H2,1-2H3,(H,29,33)/t19-,20-,23+/m0/s1. The van der Waals surface area contributed by atoms with Gasteiger partial charge in [-0.05, 0) is 48.9 Å². The molecule has 3 aromatic rings. The second kappa shape index (κ2) is 9.44. The first-order valence-corrected chi connectivity index (χ1v) is 12.1. The van der Waals surface area contributed by atoms with E-state index in [-0.39, 0.29) is 42.0 Å². The second-order valence-electron chi connectivity index (χ2n) is 9.69. The number of hydrogen-bond acceptors (Lipinski definition) is 5. The topological polar surface area (TPSA) is 97.2 Å². The Morgan fingerprint density at radius 2 is 1.74 bits per heavy atom. The number of nitrogens with one attached hydrogen (secondary N) is 1. The van der Waals surface area contributed by atoms with Crippen LogP contribution in [-0.2, 0) is 20.9 Å². The van der Waals surface area contributed by atoms with Crippen LogP contribution in [0.2, 0.25) is 0 Å². The number of carbonyl (C=O) groups excluding carboxylic acids is 3. The lowest BCUT2D eigenvalue weighted by Crippen LogP contribution is -2.50. The van der Waals surface area contributed by atoms with Crippen LogP contribution in [0.4, 0.5) is 0 Å². The molecule has 1 aromatic carbocycles. The number of fused-ring (bicyclic) bond motifs is 2. The van der Waals surface area contributed by atoms with Gasteiger partial charge in [-0.1, -0.05) is 44.2 Å². The first-order chi connectivity index (χ1) is 16.9. The Hall–Kier alpha value is -3.81. The van der Waals surface area contributed by atoms with Crippen molar-refractivity contribution in [1.29, 1.82) is 0 Å². The lowest BCUT2D eigenvalue weighted by molar-refractivity contribution is -0.148. The Labute approximate surface area is 204 Å². The molecule has 0 bridgehead atoms. The van der Waals surface area contributed by atoms with Crippen LogP contribution in [0.15, 0.2) is 61.1 Å². The highest BCUT2D eigenvalue weighted by Gasteiger charge is 2.51. The molecule has 3 atom stereocenters. The van der Waals surface area contributed by atoms with Crippen LogP contribution in [0.3, 0.4) is 0 Å². The van der Waals surface area contributed by atoms with Crippen LogP contribution >= 0.6 is 0 Å². The third-order valence-corrected chi connectivity index (χ3v) is 6.83. The van der Waals surface area contributed by atoms with Gasteiger partial charge in [0, 0.05) is 12.7 Å². The fourth-order valence-electron chi connectivity index (χ4n) is 5.02. The van der Waals surface area contributed by atoms with Gasteiger partial charge in [0.05, 0.1) is 22.9 Å². The van der Waals surface area contributed by atoms with Crippen LogP contribution in [0, 0.1) is 17.8 Å². The zero-order chi connectivity index (χ0) is 24.5. The SMILES string of the molecule is CC(C)C[C@H](C(=O)NCc1ccc(-n2cnc3ccccc32)nc1)N1C(=O)[C@H]2CC=CC[C@@H]2C1=O. The predicted molar refractivity (Wildman–Crippen MR) is 131 cm³/mol. The van der Waals surface area contributed by atoms with Crippen LogP contribution in [0.5, 0.6) is 0 Å². The fourth-order valence-corrected chi connectivity index (χ4v) is 5.02. The molecule has 1 saturated heterocycles. The number of pyridine rings is 1. The van der Waals surface area contributed by atoms with E-state index < -0.39 is 6.04 Å². The summed E-state index contributed by atoms with van der Waals surface area (Å²) in [6.45, 7) is 4.24. The van der Waals surface area contributed by atoms with Gasteiger partial charge in [-0.2, -0.15) is 0 Å². The number of hydrogen-bond donors (Lipinski definition) is 1. The van der Waals surface area contributed by atoms with E-state index in [1.54, 1.807) is 12.5 Å². The van der Waals surface area contributed by atoms with Gasteiger partial charge < -0.3 is 5.32 Å². The molecular weight excluding hydrogens is 442 g/mol. The zero-order valence-electron chi connectivity index (χ0n) is 19.9. The number of benzene rings is 1. The van der Waals surface area contributed by atoms with Gasteiger partial charge in [0.1, 0.15) is 18.2 Å². The van der Waals surface area contributed by atoms with E-state index >= 15 is 0 Å². The minimum absolute atomic E-state index is 0.151. The monoisotopic (exact) mass is 471 g/mol. The number of likely N-dealkylation sites (tertiary alicyclic amines) is 1. The molecule has 3 amide bonds. The number of nitrogens with zero attached hydrogens (tertiary/aromatic N) is 4. The molecule has 35 heavy (non-hydrogen) atoms. The number of allylic oxidation sites excluding steroid dienone is 2. The largest absolute Gasteiger partial charge is 0.350 e. The van der Waals surface area contributed by atoms with E-state index in [4.69, 9.17) is 0 Å². The van der Waals surface area contributed by atoms with Crippen molar-refractivity contribution in [2.75, 3.05) is 0 Å². The van der Waals surface area contributed by atoms with Gasteiger partial charge in [0.2, 0.25) is 17.7 Å². The molecule has 1 aliphatic heterocycles. The quantitative estimate of drug-likeness (QED) is 0.421. The number of imidazole rings is 1. The summed E-state index contributed by atoms with van der Waals surface area (Å²) in [4.78, 5) is 49.5. The highest BCUT2D eigenvalue weighted by molar-refractivity contribution is 6.08. The number of rotatable bonds is 7. The van der Waals surface area contributed by atoms with Gasteiger partial charge in [-0.15, -0.1) is 0 Å². The Morgan fingerprint density at radius 3 is 2.40 bits per heavy atom.